The third kappa shape index (κ3) is 3.39. The second kappa shape index (κ2) is 8.19. The van der Waals surface area contributed by atoms with Crippen molar-refractivity contribution in [2.75, 3.05) is 4.90 Å². The summed E-state index contributed by atoms with van der Waals surface area (Å²) in [5.41, 5.74) is 2.54. The van der Waals surface area contributed by atoms with E-state index >= 15 is 0 Å². The molecular formula is C24H25FN4S. The van der Waals surface area contributed by atoms with Gasteiger partial charge in [-0.1, -0.05) is 37.5 Å². The Morgan fingerprint density at radius 2 is 1.77 bits per heavy atom. The van der Waals surface area contributed by atoms with E-state index in [1.165, 1.54) is 38.2 Å². The fourth-order valence-electron chi connectivity index (χ4n) is 4.91. The number of thiocarbonyl (C=S) groups is 1. The van der Waals surface area contributed by atoms with Crippen molar-refractivity contribution < 1.29 is 4.39 Å². The maximum Gasteiger partial charge on any atom is 0.174 e. The molecular weight excluding hydrogens is 395 g/mol. The highest BCUT2D eigenvalue weighted by Gasteiger charge is 2.43. The molecule has 1 aliphatic carbocycles. The van der Waals surface area contributed by atoms with Crippen LogP contribution in [-0.4, -0.2) is 14.7 Å². The Balaban J connectivity index is 1.63. The van der Waals surface area contributed by atoms with Gasteiger partial charge in [-0.15, -0.1) is 0 Å². The van der Waals surface area contributed by atoms with Crippen molar-refractivity contribution in [3.8, 4) is 0 Å². The van der Waals surface area contributed by atoms with Gasteiger partial charge in [-0.2, -0.15) is 0 Å². The first-order valence-corrected chi connectivity index (χ1v) is 11.1. The van der Waals surface area contributed by atoms with Crippen LogP contribution in [-0.2, 0) is 0 Å². The van der Waals surface area contributed by atoms with E-state index in [-0.39, 0.29) is 17.9 Å². The Labute approximate surface area is 181 Å². The standard InChI is InChI=1S/C24H25FN4S/c25-18-11-4-5-13-20(18)29-23(22(27-24(29)30)19-12-6-7-15-26-19)21-14-8-16-28(21)17-9-2-1-3-10-17/h4-8,11-17,22-23H,1-3,9-10H2,(H,27,30)/t22-,23-/m1/s1. The lowest BCUT2D eigenvalue weighted by Gasteiger charge is -2.32. The number of pyridine rings is 1. The van der Waals surface area contributed by atoms with Crippen LogP contribution in [0.25, 0.3) is 0 Å². The van der Waals surface area contributed by atoms with E-state index < -0.39 is 0 Å². The molecule has 5 rings (SSSR count). The Morgan fingerprint density at radius 3 is 2.53 bits per heavy atom. The fraction of sp³-hybridized carbons (Fsp3) is 0.333. The molecule has 0 bridgehead atoms. The van der Waals surface area contributed by atoms with Gasteiger partial charge in [-0.3, -0.25) is 4.98 Å². The zero-order valence-corrected chi connectivity index (χ0v) is 17.6. The molecule has 1 saturated carbocycles. The van der Waals surface area contributed by atoms with Crippen molar-refractivity contribution >= 4 is 23.0 Å². The third-order valence-electron chi connectivity index (χ3n) is 6.29. The minimum Gasteiger partial charge on any atom is -0.351 e. The highest BCUT2D eigenvalue weighted by molar-refractivity contribution is 7.80. The number of hydrogen-bond acceptors (Lipinski definition) is 2. The molecule has 0 spiro atoms. The van der Waals surface area contributed by atoms with Crippen molar-refractivity contribution in [1.29, 1.82) is 0 Å². The normalized spacial score (nSPS) is 22.3. The zero-order valence-electron chi connectivity index (χ0n) is 16.7. The molecule has 1 aliphatic heterocycles. The Kier molecular flexibility index (Phi) is 5.25. The van der Waals surface area contributed by atoms with Crippen molar-refractivity contribution in [3.05, 3.63) is 84.2 Å². The monoisotopic (exact) mass is 420 g/mol. The summed E-state index contributed by atoms with van der Waals surface area (Å²) >= 11 is 5.72. The summed E-state index contributed by atoms with van der Waals surface area (Å²) < 4.78 is 17.3. The van der Waals surface area contributed by atoms with E-state index in [1.807, 2.05) is 29.2 Å². The first kappa shape index (κ1) is 19.2. The molecule has 0 radical (unpaired) electrons. The quantitative estimate of drug-likeness (QED) is 0.549. The van der Waals surface area contributed by atoms with Crippen molar-refractivity contribution in [2.24, 2.45) is 0 Å². The van der Waals surface area contributed by atoms with E-state index in [2.05, 4.69) is 33.2 Å². The molecule has 3 heterocycles. The SMILES string of the molecule is Fc1ccccc1N1C(=S)N[C@H](c2ccccn2)[C@H]1c1cccn1C1CCCCC1. The number of rotatable bonds is 4. The van der Waals surface area contributed by atoms with Gasteiger partial charge in [0, 0.05) is 24.1 Å². The molecule has 2 atom stereocenters. The minimum atomic E-state index is -0.274. The van der Waals surface area contributed by atoms with Gasteiger partial charge in [0.15, 0.2) is 5.11 Å². The van der Waals surface area contributed by atoms with Gasteiger partial charge >= 0.3 is 0 Å². The molecule has 1 N–H and O–H groups in total. The number of halogens is 1. The maximum absolute atomic E-state index is 14.9. The van der Waals surface area contributed by atoms with E-state index in [1.54, 1.807) is 18.3 Å². The predicted octanol–water partition coefficient (Wildman–Crippen LogP) is 5.70. The molecule has 2 fully saturated rings. The van der Waals surface area contributed by atoms with Crippen LogP contribution in [0.15, 0.2) is 67.0 Å². The number of para-hydroxylation sites is 1. The number of anilines is 1. The summed E-state index contributed by atoms with van der Waals surface area (Å²) in [6.45, 7) is 0. The zero-order chi connectivity index (χ0) is 20.5. The maximum atomic E-state index is 14.9. The van der Waals surface area contributed by atoms with Gasteiger partial charge in [-0.05, 0) is 61.5 Å². The molecule has 0 unspecified atom stereocenters. The number of aromatic nitrogens is 2. The summed E-state index contributed by atoms with van der Waals surface area (Å²) in [7, 11) is 0. The smallest absolute Gasteiger partial charge is 0.174 e. The average Bonchev–Trinajstić information content (AvgIpc) is 3.40. The first-order valence-electron chi connectivity index (χ1n) is 10.7. The Bertz CT molecular complexity index is 1030. The van der Waals surface area contributed by atoms with Crippen LogP contribution in [0, 0.1) is 5.82 Å². The van der Waals surface area contributed by atoms with Gasteiger partial charge in [0.05, 0.1) is 17.4 Å². The summed E-state index contributed by atoms with van der Waals surface area (Å²) in [5.74, 6) is -0.274. The van der Waals surface area contributed by atoms with Crippen molar-refractivity contribution in [3.63, 3.8) is 0 Å². The predicted molar refractivity (Wildman–Crippen MR) is 121 cm³/mol. The highest BCUT2D eigenvalue weighted by Crippen LogP contribution is 2.44. The number of nitrogens with zero attached hydrogens (tertiary/aromatic N) is 3. The third-order valence-corrected chi connectivity index (χ3v) is 6.61. The summed E-state index contributed by atoms with van der Waals surface area (Å²) in [4.78, 5) is 6.53. The van der Waals surface area contributed by atoms with Crippen LogP contribution in [0.2, 0.25) is 0 Å². The van der Waals surface area contributed by atoms with Crippen LogP contribution >= 0.6 is 12.2 Å². The van der Waals surface area contributed by atoms with Crippen LogP contribution in [0.1, 0.15) is 61.6 Å². The lowest BCUT2D eigenvalue weighted by Crippen LogP contribution is -2.31. The molecule has 3 aromatic rings. The Morgan fingerprint density at radius 1 is 0.967 bits per heavy atom. The van der Waals surface area contributed by atoms with Gasteiger partial charge in [0.25, 0.3) is 0 Å². The van der Waals surface area contributed by atoms with Gasteiger partial charge in [0.2, 0.25) is 0 Å². The van der Waals surface area contributed by atoms with Crippen molar-refractivity contribution in [2.45, 2.75) is 50.2 Å². The highest BCUT2D eigenvalue weighted by atomic mass is 32.1. The Hall–Kier alpha value is -2.73. The molecule has 1 saturated heterocycles. The molecule has 154 valence electrons. The summed E-state index contributed by atoms with van der Waals surface area (Å²) in [6.07, 6.45) is 10.1. The fourth-order valence-corrected chi connectivity index (χ4v) is 5.25. The van der Waals surface area contributed by atoms with E-state index in [0.29, 0.717) is 16.8 Å². The van der Waals surface area contributed by atoms with Gasteiger partial charge in [0.1, 0.15) is 11.9 Å². The molecule has 6 heteroatoms. The molecule has 2 aliphatic rings. The topological polar surface area (TPSA) is 33.1 Å². The lowest BCUT2D eigenvalue weighted by molar-refractivity contribution is 0.339. The van der Waals surface area contributed by atoms with Crippen LogP contribution in [0.5, 0.6) is 0 Å². The second-order valence-corrected chi connectivity index (χ2v) is 8.47. The van der Waals surface area contributed by atoms with Gasteiger partial charge in [-0.25, -0.2) is 4.39 Å². The van der Waals surface area contributed by atoms with Crippen molar-refractivity contribution in [1.82, 2.24) is 14.9 Å². The second-order valence-electron chi connectivity index (χ2n) is 8.08. The molecule has 1 aromatic carbocycles. The molecule has 30 heavy (non-hydrogen) atoms. The van der Waals surface area contributed by atoms with Crippen LogP contribution < -0.4 is 10.2 Å². The van der Waals surface area contributed by atoms with Crippen LogP contribution in [0.3, 0.4) is 0 Å². The molecule has 4 nitrogen and oxygen atoms in total. The number of hydrogen-bond donors (Lipinski definition) is 1. The van der Waals surface area contributed by atoms with Crippen LogP contribution in [0.4, 0.5) is 10.1 Å². The summed E-state index contributed by atoms with van der Waals surface area (Å²) in [5, 5.41) is 3.95. The summed E-state index contributed by atoms with van der Waals surface area (Å²) in [6, 6.07) is 17.1. The van der Waals surface area contributed by atoms with E-state index in [0.717, 1.165) is 11.4 Å². The van der Waals surface area contributed by atoms with E-state index in [9.17, 15) is 4.39 Å². The molecule has 2 aromatic heterocycles. The number of benzene rings is 1. The lowest BCUT2D eigenvalue weighted by atomic mass is 9.94. The van der Waals surface area contributed by atoms with E-state index in [4.69, 9.17) is 12.2 Å². The average molecular weight is 421 g/mol. The first-order chi connectivity index (χ1) is 14.7. The molecule has 0 amide bonds. The number of nitrogens with one attached hydrogen (secondary N) is 1. The van der Waals surface area contributed by atoms with Gasteiger partial charge < -0.3 is 14.8 Å². The largest absolute Gasteiger partial charge is 0.351 e. The minimum absolute atomic E-state index is 0.157.